The molecule has 1 aliphatic heterocycles. The fourth-order valence-electron chi connectivity index (χ4n) is 4.62. The standard InChI is InChI=1S/C16H23N3O2/c1-19-8-12(17-9-19)16(20)18-14-11-6-7-21-15(11)13(14)10-4-2-3-5-10/h8-11,13-15H,2-7H2,1H3,(H,18,20). The normalized spacial score (nSPS) is 35.5. The van der Waals surface area contributed by atoms with Crippen LogP contribution in [0.2, 0.25) is 0 Å². The molecule has 1 N–H and O–H groups in total. The van der Waals surface area contributed by atoms with Crippen molar-refractivity contribution in [3.05, 3.63) is 18.2 Å². The minimum atomic E-state index is -0.0334. The average molecular weight is 289 g/mol. The Morgan fingerprint density at radius 2 is 2.19 bits per heavy atom. The second-order valence-electron chi connectivity index (χ2n) is 6.83. The maximum absolute atomic E-state index is 12.4. The van der Waals surface area contributed by atoms with Crippen LogP contribution in [0.3, 0.4) is 0 Å². The Morgan fingerprint density at radius 1 is 1.38 bits per heavy atom. The van der Waals surface area contributed by atoms with Crippen molar-refractivity contribution < 1.29 is 9.53 Å². The van der Waals surface area contributed by atoms with Crippen molar-refractivity contribution in [3.8, 4) is 0 Å². The molecule has 21 heavy (non-hydrogen) atoms. The summed E-state index contributed by atoms with van der Waals surface area (Å²) in [6, 6.07) is 0.287. The zero-order valence-corrected chi connectivity index (χ0v) is 12.5. The number of fused-ring (bicyclic) bond motifs is 1. The molecule has 0 radical (unpaired) electrons. The lowest BCUT2D eigenvalue weighted by Gasteiger charge is -2.50. The molecule has 3 fully saturated rings. The molecule has 4 rings (SSSR count). The van der Waals surface area contributed by atoms with Gasteiger partial charge in [-0.3, -0.25) is 4.79 Å². The molecule has 0 spiro atoms. The van der Waals surface area contributed by atoms with Crippen molar-refractivity contribution >= 4 is 5.91 Å². The van der Waals surface area contributed by atoms with E-state index in [4.69, 9.17) is 4.74 Å². The van der Waals surface area contributed by atoms with Gasteiger partial charge in [-0.1, -0.05) is 25.7 Å². The quantitative estimate of drug-likeness (QED) is 0.922. The molecule has 0 aromatic carbocycles. The van der Waals surface area contributed by atoms with Gasteiger partial charge >= 0.3 is 0 Å². The van der Waals surface area contributed by atoms with E-state index >= 15 is 0 Å². The van der Waals surface area contributed by atoms with E-state index in [2.05, 4.69) is 10.3 Å². The van der Waals surface area contributed by atoms with E-state index in [1.165, 1.54) is 25.7 Å². The molecule has 1 saturated heterocycles. The van der Waals surface area contributed by atoms with Crippen LogP contribution in [0, 0.1) is 17.8 Å². The first-order valence-corrected chi connectivity index (χ1v) is 8.14. The van der Waals surface area contributed by atoms with Crippen LogP contribution in [-0.4, -0.2) is 34.2 Å². The first-order chi connectivity index (χ1) is 10.2. The molecule has 5 nitrogen and oxygen atoms in total. The van der Waals surface area contributed by atoms with Crippen molar-refractivity contribution in [2.45, 2.75) is 44.2 Å². The summed E-state index contributed by atoms with van der Waals surface area (Å²) < 4.78 is 7.74. The molecule has 5 heteroatoms. The van der Waals surface area contributed by atoms with Gasteiger partial charge in [0.25, 0.3) is 5.91 Å². The molecule has 2 aliphatic carbocycles. The summed E-state index contributed by atoms with van der Waals surface area (Å²) in [5.41, 5.74) is 0.519. The number of rotatable bonds is 3. The summed E-state index contributed by atoms with van der Waals surface area (Å²) in [7, 11) is 1.88. The second-order valence-corrected chi connectivity index (χ2v) is 6.83. The van der Waals surface area contributed by atoms with Gasteiger partial charge in [-0.15, -0.1) is 0 Å². The number of hydrogen-bond donors (Lipinski definition) is 1. The smallest absolute Gasteiger partial charge is 0.271 e. The zero-order valence-electron chi connectivity index (χ0n) is 12.5. The van der Waals surface area contributed by atoms with Gasteiger partial charge in [0, 0.05) is 37.7 Å². The van der Waals surface area contributed by atoms with E-state index in [0.717, 1.165) is 18.9 Å². The van der Waals surface area contributed by atoms with E-state index in [1.54, 1.807) is 12.5 Å². The third-order valence-electron chi connectivity index (χ3n) is 5.62. The fourth-order valence-corrected chi connectivity index (χ4v) is 4.62. The zero-order chi connectivity index (χ0) is 14.4. The lowest BCUT2D eigenvalue weighted by Crippen LogP contribution is -2.63. The number of nitrogens with one attached hydrogen (secondary N) is 1. The Balaban J connectivity index is 1.48. The van der Waals surface area contributed by atoms with Crippen LogP contribution in [0.4, 0.5) is 0 Å². The van der Waals surface area contributed by atoms with Crippen molar-refractivity contribution in [3.63, 3.8) is 0 Å². The molecule has 1 aromatic rings. The SMILES string of the molecule is Cn1cnc(C(=O)NC2C3CCOC3C2C2CCCC2)c1. The largest absolute Gasteiger partial charge is 0.377 e. The molecular weight excluding hydrogens is 266 g/mol. The van der Waals surface area contributed by atoms with Crippen LogP contribution in [0.5, 0.6) is 0 Å². The van der Waals surface area contributed by atoms with Crippen molar-refractivity contribution in [1.29, 1.82) is 0 Å². The molecular formula is C16H23N3O2. The summed E-state index contributed by atoms with van der Waals surface area (Å²) in [6.07, 6.45) is 10.2. The Bertz CT molecular complexity index is 531. The van der Waals surface area contributed by atoms with Crippen molar-refractivity contribution in [2.75, 3.05) is 6.61 Å². The molecule has 4 atom stereocenters. The summed E-state index contributed by atoms with van der Waals surface area (Å²) >= 11 is 0. The topological polar surface area (TPSA) is 56.2 Å². The summed E-state index contributed by atoms with van der Waals surface area (Å²) in [6.45, 7) is 0.856. The van der Waals surface area contributed by atoms with Gasteiger partial charge in [-0.25, -0.2) is 4.98 Å². The van der Waals surface area contributed by atoms with Gasteiger partial charge in [0.05, 0.1) is 12.4 Å². The van der Waals surface area contributed by atoms with Gasteiger partial charge in [0.2, 0.25) is 0 Å². The summed E-state index contributed by atoms with van der Waals surface area (Å²) in [4.78, 5) is 16.5. The molecule has 0 bridgehead atoms. The molecule has 1 aromatic heterocycles. The van der Waals surface area contributed by atoms with Gasteiger partial charge in [-0.2, -0.15) is 0 Å². The van der Waals surface area contributed by atoms with Crippen molar-refractivity contribution in [2.24, 2.45) is 24.8 Å². The second kappa shape index (κ2) is 5.13. The van der Waals surface area contributed by atoms with E-state index in [9.17, 15) is 4.79 Å². The predicted molar refractivity (Wildman–Crippen MR) is 77.8 cm³/mol. The predicted octanol–water partition coefficient (Wildman–Crippen LogP) is 1.74. The number of nitrogens with zero attached hydrogens (tertiary/aromatic N) is 2. The first-order valence-electron chi connectivity index (χ1n) is 8.14. The lowest BCUT2D eigenvalue weighted by atomic mass is 9.61. The monoisotopic (exact) mass is 289 g/mol. The number of carbonyl (C=O) groups excluding carboxylic acids is 1. The van der Waals surface area contributed by atoms with E-state index < -0.39 is 0 Å². The summed E-state index contributed by atoms with van der Waals surface area (Å²) in [5.74, 6) is 1.74. The van der Waals surface area contributed by atoms with Crippen LogP contribution >= 0.6 is 0 Å². The molecule has 2 heterocycles. The highest BCUT2D eigenvalue weighted by Gasteiger charge is 2.57. The van der Waals surface area contributed by atoms with Crippen LogP contribution in [0.15, 0.2) is 12.5 Å². The van der Waals surface area contributed by atoms with Gasteiger partial charge < -0.3 is 14.6 Å². The van der Waals surface area contributed by atoms with E-state index in [1.807, 2.05) is 11.6 Å². The fraction of sp³-hybridized carbons (Fsp3) is 0.750. The van der Waals surface area contributed by atoms with Crippen molar-refractivity contribution in [1.82, 2.24) is 14.9 Å². The number of amides is 1. The molecule has 114 valence electrons. The summed E-state index contributed by atoms with van der Waals surface area (Å²) in [5, 5.41) is 3.25. The number of imidazole rings is 1. The number of ether oxygens (including phenoxy) is 1. The Labute approximate surface area is 125 Å². The minimum absolute atomic E-state index is 0.0334. The maximum Gasteiger partial charge on any atom is 0.271 e. The number of carbonyl (C=O) groups is 1. The minimum Gasteiger partial charge on any atom is -0.377 e. The molecule has 3 aliphatic rings. The number of hydrogen-bond acceptors (Lipinski definition) is 3. The van der Waals surface area contributed by atoms with Crippen LogP contribution in [0.25, 0.3) is 0 Å². The van der Waals surface area contributed by atoms with Gasteiger partial charge in [0.1, 0.15) is 5.69 Å². The van der Waals surface area contributed by atoms with Gasteiger partial charge in [-0.05, 0) is 12.3 Å². The van der Waals surface area contributed by atoms with E-state index in [0.29, 0.717) is 23.6 Å². The maximum atomic E-state index is 12.4. The highest BCUT2D eigenvalue weighted by molar-refractivity contribution is 5.92. The van der Waals surface area contributed by atoms with Gasteiger partial charge in [0.15, 0.2) is 0 Å². The highest BCUT2D eigenvalue weighted by Crippen LogP contribution is 2.51. The number of aryl methyl sites for hydroxylation is 1. The average Bonchev–Trinajstić information content (AvgIpc) is 3.17. The molecule has 4 unspecified atom stereocenters. The highest BCUT2D eigenvalue weighted by atomic mass is 16.5. The van der Waals surface area contributed by atoms with Crippen LogP contribution in [-0.2, 0) is 11.8 Å². The molecule has 1 amide bonds. The first kappa shape index (κ1) is 13.3. The van der Waals surface area contributed by atoms with Crippen LogP contribution in [0.1, 0.15) is 42.6 Å². The number of aromatic nitrogens is 2. The third kappa shape index (κ3) is 2.18. The van der Waals surface area contributed by atoms with Crippen LogP contribution < -0.4 is 5.32 Å². The lowest BCUT2D eigenvalue weighted by molar-refractivity contribution is -0.0784. The Morgan fingerprint density at radius 3 is 2.90 bits per heavy atom. The Hall–Kier alpha value is -1.36. The third-order valence-corrected chi connectivity index (χ3v) is 5.62. The van der Waals surface area contributed by atoms with E-state index in [-0.39, 0.29) is 11.9 Å². The Kier molecular flexibility index (Phi) is 3.25. The molecule has 2 saturated carbocycles.